The average Bonchev–Trinajstić information content (AvgIpc) is 2.88. The highest BCUT2D eigenvalue weighted by Gasteiger charge is 2.33. The van der Waals surface area contributed by atoms with Gasteiger partial charge in [0.1, 0.15) is 5.82 Å². The van der Waals surface area contributed by atoms with Crippen molar-refractivity contribution in [2.75, 3.05) is 55.2 Å². The average molecular weight is 483 g/mol. The van der Waals surface area contributed by atoms with Crippen LogP contribution < -0.4 is 10.2 Å². The highest BCUT2D eigenvalue weighted by molar-refractivity contribution is 8.00. The smallest absolute Gasteiger partial charge is 0.253 e. The Morgan fingerprint density at radius 2 is 1.74 bits per heavy atom. The first-order chi connectivity index (χ1) is 16.5. The molecule has 3 amide bonds. The van der Waals surface area contributed by atoms with E-state index in [2.05, 4.69) is 10.2 Å². The van der Waals surface area contributed by atoms with Gasteiger partial charge in [-0.3, -0.25) is 14.4 Å². The van der Waals surface area contributed by atoms with Gasteiger partial charge >= 0.3 is 0 Å². The van der Waals surface area contributed by atoms with Gasteiger partial charge < -0.3 is 20.0 Å². The lowest BCUT2D eigenvalue weighted by atomic mass is 9.95. The molecule has 0 radical (unpaired) electrons. The third-order valence-corrected chi connectivity index (χ3v) is 7.77. The van der Waals surface area contributed by atoms with E-state index < -0.39 is 0 Å². The van der Waals surface area contributed by atoms with Crippen LogP contribution in [0.25, 0.3) is 0 Å². The molecule has 0 spiro atoms. The predicted molar refractivity (Wildman–Crippen MR) is 130 cm³/mol. The fraction of sp³-hybridized carbons (Fsp3) is 0.400. The normalized spacial score (nSPS) is 20.6. The van der Waals surface area contributed by atoms with E-state index in [1.54, 1.807) is 29.2 Å². The number of thioether (sulfide) groups is 1. The molecule has 7 nitrogen and oxygen atoms in total. The number of piperazine rings is 1. The molecular formula is C25H27FN4O3S. The molecule has 2 fully saturated rings. The first-order valence-corrected chi connectivity index (χ1v) is 12.6. The number of nitrogens with one attached hydrogen (secondary N) is 1. The van der Waals surface area contributed by atoms with Crippen molar-refractivity contribution >= 4 is 40.9 Å². The van der Waals surface area contributed by atoms with Crippen molar-refractivity contribution in [1.29, 1.82) is 0 Å². The molecule has 1 atom stereocenters. The SMILES string of the molecule is O=C1CSc2ccc(C(=O)N3CCCC(C(=O)N4CCN(c5ccc(F)cc5)CC4)C3)cc2N1. The summed E-state index contributed by atoms with van der Waals surface area (Å²) in [7, 11) is 0. The number of hydrogen-bond acceptors (Lipinski definition) is 5. The first-order valence-electron chi connectivity index (χ1n) is 11.6. The Morgan fingerprint density at radius 3 is 2.50 bits per heavy atom. The minimum atomic E-state index is -0.256. The van der Waals surface area contributed by atoms with Gasteiger partial charge in [-0.1, -0.05) is 0 Å². The van der Waals surface area contributed by atoms with Crippen molar-refractivity contribution < 1.29 is 18.8 Å². The van der Waals surface area contributed by atoms with Gasteiger partial charge in [-0.2, -0.15) is 0 Å². The molecule has 5 rings (SSSR count). The molecule has 9 heteroatoms. The lowest BCUT2D eigenvalue weighted by Gasteiger charge is -2.39. The zero-order valence-electron chi connectivity index (χ0n) is 18.8. The highest BCUT2D eigenvalue weighted by Crippen LogP contribution is 2.32. The van der Waals surface area contributed by atoms with Gasteiger partial charge in [0.15, 0.2) is 0 Å². The molecule has 0 bridgehead atoms. The van der Waals surface area contributed by atoms with E-state index in [0.29, 0.717) is 56.3 Å². The Labute approximate surface area is 202 Å². The molecule has 1 N–H and O–H groups in total. The van der Waals surface area contributed by atoms with E-state index in [4.69, 9.17) is 0 Å². The van der Waals surface area contributed by atoms with Gasteiger partial charge in [0, 0.05) is 55.4 Å². The number of nitrogens with zero attached hydrogens (tertiary/aromatic N) is 3. The lowest BCUT2D eigenvalue weighted by molar-refractivity contribution is -0.137. The summed E-state index contributed by atoms with van der Waals surface area (Å²) < 4.78 is 13.2. The number of carbonyl (C=O) groups is 3. The lowest BCUT2D eigenvalue weighted by Crippen LogP contribution is -2.53. The van der Waals surface area contributed by atoms with E-state index in [1.165, 1.54) is 23.9 Å². The Hall–Kier alpha value is -3.07. The van der Waals surface area contributed by atoms with E-state index in [-0.39, 0.29) is 29.5 Å². The molecule has 3 aliphatic heterocycles. The monoisotopic (exact) mass is 482 g/mol. The van der Waals surface area contributed by atoms with Crippen LogP contribution >= 0.6 is 11.8 Å². The molecule has 178 valence electrons. The van der Waals surface area contributed by atoms with E-state index in [9.17, 15) is 18.8 Å². The summed E-state index contributed by atoms with van der Waals surface area (Å²) in [6, 6.07) is 11.9. The Morgan fingerprint density at radius 1 is 0.971 bits per heavy atom. The van der Waals surface area contributed by atoms with Crippen LogP contribution in [0.3, 0.4) is 0 Å². The number of amides is 3. The summed E-state index contributed by atoms with van der Waals surface area (Å²) in [6.45, 7) is 3.66. The van der Waals surface area contributed by atoms with Crippen LogP contribution in [-0.2, 0) is 9.59 Å². The fourth-order valence-corrected chi connectivity index (χ4v) is 5.65. The van der Waals surface area contributed by atoms with Crippen molar-refractivity contribution in [3.05, 3.63) is 53.8 Å². The van der Waals surface area contributed by atoms with Gasteiger partial charge in [0.2, 0.25) is 11.8 Å². The molecule has 1 unspecified atom stereocenters. The minimum Gasteiger partial charge on any atom is -0.368 e. The van der Waals surface area contributed by atoms with Crippen LogP contribution in [0.1, 0.15) is 23.2 Å². The van der Waals surface area contributed by atoms with E-state index in [0.717, 1.165) is 23.4 Å². The third-order valence-electron chi connectivity index (χ3n) is 6.70. The standard InChI is InChI=1S/C25H27FN4O3S/c26-19-4-6-20(7-5-19)28-10-12-29(13-11-28)25(33)18-2-1-9-30(15-18)24(32)17-3-8-22-21(14-17)27-23(31)16-34-22/h3-8,14,18H,1-2,9-13,15-16H2,(H,27,31). The number of piperidine rings is 1. The number of halogens is 1. The Kier molecular flexibility index (Phi) is 6.45. The van der Waals surface area contributed by atoms with Crippen molar-refractivity contribution in [2.45, 2.75) is 17.7 Å². The number of anilines is 2. The second-order valence-electron chi connectivity index (χ2n) is 8.93. The van der Waals surface area contributed by atoms with E-state index in [1.807, 2.05) is 11.0 Å². The maximum Gasteiger partial charge on any atom is 0.253 e. The third kappa shape index (κ3) is 4.75. The van der Waals surface area contributed by atoms with Crippen LogP contribution in [0.15, 0.2) is 47.4 Å². The summed E-state index contributed by atoms with van der Waals surface area (Å²) >= 11 is 1.46. The number of carbonyl (C=O) groups excluding carboxylic acids is 3. The Balaban J connectivity index is 1.19. The molecule has 2 aromatic carbocycles. The molecule has 0 aliphatic carbocycles. The van der Waals surface area contributed by atoms with Crippen molar-refractivity contribution in [3.8, 4) is 0 Å². The maximum absolute atomic E-state index is 13.2. The van der Waals surface area contributed by atoms with Crippen LogP contribution in [0.4, 0.5) is 15.8 Å². The molecule has 0 saturated carbocycles. The van der Waals surface area contributed by atoms with Gasteiger partial charge in [-0.25, -0.2) is 4.39 Å². The van der Waals surface area contributed by atoms with Crippen LogP contribution in [-0.4, -0.2) is 72.5 Å². The minimum absolute atomic E-state index is 0.0646. The molecule has 3 heterocycles. The second-order valence-corrected chi connectivity index (χ2v) is 9.94. The topological polar surface area (TPSA) is 73.0 Å². The largest absolute Gasteiger partial charge is 0.368 e. The van der Waals surface area contributed by atoms with Gasteiger partial charge in [0.05, 0.1) is 17.4 Å². The molecule has 2 saturated heterocycles. The first kappa shape index (κ1) is 22.7. The molecule has 3 aliphatic rings. The van der Waals surface area contributed by atoms with Crippen LogP contribution in [0, 0.1) is 11.7 Å². The molecular weight excluding hydrogens is 455 g/mol. The number of benzene rings is 2. The van der Waals surface area contributed by atoms with Crippen molar-refractivity contribution in [2.24, 2.45) is 5.92 Å². The zero-order valence-corrected chi connectivity index (χ0v) is 19.7. The highest BCUT2D eigenvalue weighted by atomic mass is 32.2. The number of fused-ring (bicyclic) bond motifs is 1. The van der Waals surface area contributed by atoms with Crippen LogP contribution in [0.2, 0.25) is 0 Å². The van der Waals surface area contributed by atoms with Gasteiger partial charge in [-0.05, 0) is 55.3 Å². The predicted octanol–water partition coefficient (Wildman–Crippen LogP) is 3.07. The number of rotatable bonds is 3. The number of hydrogen-bond donors (Lipinski definition) is 1. The van der Waals surface area contributed by atoms with E-state index >= 15 is 0 Å². The van der Waals surface area contributed by atoms with Gasteiger partial charge in [0.25, 0.3) is 5.91 Å². The maximum atomic E-state index is 13.2. The zero-order chi connectivity index (χ0) is 23.7. The summed E-state index contributed by atoms with van der Waals surface area (Å²) in [4.78, 5) is 44.9. The van der Waals surface area contributed by atoms with Crippen molar-refractivity contribution in [1.82, 2.24) is 9.80 Å². The Bertz CT molecular complexity index is 1100. The number of likely N-dealkylation sites (tertiary alicyclic amines) is 1. The molecule has 2 aromatic rings. The summed E-state index contributed by atoms with van der Waals surface area (Å²) in [5.41, 5.74) is 2.17. The summed E-state index contributed by atoms with van der Waals surface area (Å²) in [5, 5.41) is 2.83. The fourth-order valence-electron chi connectivity index (χ4n) is 4.86. The van der Waals surface area contributed by atoms with Crippen LogP contribution in [0.5, 0.6) is 0 Å². The van der Waals surface area contributed by atoms with Crippen molar-refractivity contribution in [3.63, 3.8) is 0 Å². The van der Waals surface area contributed by atoms with Gasteiger partial charge in [-0.15, -0.1) is 11.8 Å². The quantitative estimate of drug-likeness (QED) is 0.728. The molecule has 0 aromatic heterocycles. The summed E-state index contributed by atoms with van der Waals surface area (Å²) in [5.74, 6) is -0.146. The summed E-state index contributed by atoms with van der Waals surface area (Å²) in [6.07, 6.45) is 1.56. The molecule has 34 heavy (non-hydrogen) atoms. The second kappa shape index (κ2) is 9.66.